The maximum atomic E-state index is 10.1. The normalized spacial score (nSPS) is 9.47. The number of hydrogen-bond donors (Lipinski definition) is 3. The van der Waals surface area contributed by atoms with Gasteiger partial charge in [0.1, 0.15) is 0 Å². The number of carboxylic acids is 1. The number of carboxylic acid groups (broad SMARTS) is 1. The summed E-state index contributed by atoms with van der Waals surface area (Å²) in [4.78, 5) is 10.1. The van der Waals surface area contributed by atoms with Crippen molar-refractivity contribution >= 4 is 12.0 Å². The zero-order valence-corrected chi connectivity index (χ0v) is 8.21. The Balaban J connectivity index is 0.000000423. The first kappa shape index (κ1) is 13.4. The fourth-order valence-electron chi connectivity index (χ4n) is 0.732. The summed E-state index contributed by atoms with van der Waals surface area (Å²) in [6.45, 7) is -0.250. The lowest BCUT2D eigenvalue weighted by atomic mass is 10.2. The van der Waals surface area contributed by atoms with Crippen LogP contribution in [0.15, 0.2) is 36.4 Å². The molecule has 0 radical (unpaired) electrons. The summed E-state index contributed by atoms with van der Waals surface area (Å²) in [7, 11) is 0. The van der Waals surface area contributed by atoms with Crippen LogP contribution in [0.25, 0.3) is 6.08 Å². The van der Waals surface area contributed by atoms with Gasteiger partial charge >= 0.3 is 5.97 Å². The molecule has 0 aliphatic heterocycles. The van der Waals surface area contributed by atoms with E-state index in [1.54, 1.807) is 6.08 Å². The Morgan fingerprint density at radius 1 is 1.13 bits per heavy atom. The molecular formula is C11H14O4. The van der Waals surface area contributed by atoms with Gasteiger partial charge in [-0.15, -0.1) is 0 Å². The van der Waals surface area contributed by atoms with E-state index in [4.69, 9.17) is 15.3 Å². The van der Waals surface area contributed by atoms with E-state index in [9.17, 15) is 4.79 Å². The van der Waals surface area contributed by atoms with E-state index in [0.29, 0.717) is 0 Å². The topological polar surface area (TPSA) is 77.8 Å². The van der Waals surface area contributed by atoms with E-state index in [1.165, 1.54) is 0 Å². The van der Waals surface area contributed by atoms with Crippen molar-refractivity contribution in [2.45, 2.75) is 0 Å². The number of rotatable bonds is 3. The van der Waals surface area contributed by atoms with E-state index in [1.807, 2.05) is 30.3 Å². The van der Waals surface area contributed by atoms with Gasteiger partial charge in [0.25, 0.3) is 0 Å². The molecule has 1 rings (SSSR count). The molecule has 0 saturated carbocycles. The maximum absolute atomic E-state index is 10.1. The van der Waals surface area contributed by atoms with Crippen LogP contribution in [-0.2, 0) is 4.79 Å². The first-order chi connectivity index (χ1) is 7.20. The van der Waals surface area contributed by atoms with Crippen molar-refractivity contribution < 1.29 is 20.1 Å². The zero-order chi connectivity index (χ0) is 11.5. The zero-order valence-electron chi connectivity index (χ0n) is 8.21. The Kier molecular flexibility index (Phi) is 7.94. The van der Waals surface area contributed by atoms with Crippen LogP contribution >= 0.6 is 0 Å². The molecule has 0 aliphatic carbocycles. The molecule has 0 unspecified atom stereocenters. The number of benzene rings is 1. The van der Waals surface area contributed by atoms with Gasteiger partial charge in [0.05, 0.1) is 13.2 Å². The third-order valence-corrected chi connectivity index (χ3v) is 1.32. The molecule has 15 heavy (non-hydrogen) atoms. The van der Waals surface area contributed by atoms with E-state index < -0.39 is 5.97 Å². The Hall–Kier alpha value is -1.65. The van der Waals surface area contributed by atoms with Crippen LogP contribution < -0.4 is 0 Å². The molecule has 82 valence electrons. The first-order valence-electron chi connectivity index (χ1n) is 4.38. The Morgan fingerprint density at radius 2 is 1.67 bits per heavy atom. The Morgan fingerprint density at radius 3 is 2.07 bits per heavy atom. The van der Waals surface area contributed by atoms with Crippen LogP contribution in [0.1, 0.15) is 5.56 Å². The molecule has 0 fully saturated rings. The third-order valence-electron chi connectivity index (χ3n) is 1.32. The van der Waals surface area contributed by atoms with E-state index in [2.05, 4.69) is 0 Å². The van der Waals surface area contributed by atoms with Gasteiger partial charge < -0.3 is 15.3 Å². The largest absolute Gasteiger partial charge is 0.478 e. The Labute approximate surface area is 88.1 Å². The molecule has 0 spiro atoms. The van der Waals surface area contributed by atoms with Crippen molar-refractivity contribution in [3.63, 3.8) is 0 Å². The minimum absolute atomic E-state index is 0.125. The standard InChI is InChI=1S/C9H8O2.C2H6O2/c10-9(11)7-6-8-4-2-1-3-5-8;3-1-2-4/h1-7H,(H,10,11);3-4H,1-2H2. The monoisotopic (exact) mass is 210 g/mol. The average Bonchev–Trinajstić information content (AvgIpc) is 2.28. The average molecular weight is 210 g/mol. The minimum Gasteiger partial charge on any atom is -0.478 e. The highest BCUT2D eigenvalue weighted by Gasteiger charge is 1.85. The molecule has 0 bridgehead atoms. The smallest absolute Gasteiger partial charge is 0.328 e. The van der Waals surface area contributed by atoms with Crippen LogP contribution in [-0.4, -0.2) is 34.5 Å². The summed E-state index contributed by atoms with van der Waals surface area (Å²) in [6, 6.07) is 9.31. The number of hydrogen-bond acceptors (Lipinski definition) is 3. The van der Waals surface area contributed by atoms with Crippen LogP contribution in [0.4, 0.5) is 0 Å². The fraction of sp³-hybridized carbons (Fsp3) is 0.182. The van der Waals surface area contributed by atoms with Crippen molar-refractivity contribution in [1.82, 2.24) is 0 Å². The van der Waals surface area contributed by atoms with Crippen molar-refractivity contribution in [2.75, 3.05) is 13.2 Å². The second kappa shape index (κ2) is 8.93. The number of carbonyl (C=O) groups is 1. The maximum Gasteiger partial charge on any atom is 0.328 e. The third kappa shape index (κ3) is 8.67. The van der Waals surface area contributed by atoms with Gasteiger partial charge in [0, 0.05) is 6.08 Å². The molecule has 0 aromatic heterocycles. The van der Waals surface area contributed by atoms with Crippen LogP contribution in [0.3, 0.4) is 0 Å². The molecule has 0 atom stereocenters. The lowest BCUT2D eigenvalue weighted by Crippen LogP contribution is -1.85. The van der Waals surface area contributed by atoms with Crippen molar-refractivity contribution in [3.8, 4) is 0 Å². The van der Waals surface area contributed by atoms with Crippen LogP contribution in [0.2, 0.25) is 0 Å². The van der Waals surface area contributed by atoms with Gasteiger partial charge in [0.15, 0.2) is 0 Å². The summed E-state index contributed by atoms with van der Waals surface area (Å²) in [5.74, 6) is -0.922. The molecule has 4 nitrogen and oxygen atoms in total. The van der Waals surface area contributed by atoms with Gasteiger partial charge in [0.2, 0.25) is 0 Å². The molecule has 0 amide bonds. The van der Waals surface area contributed by atoms with Crippen LogP contribution in [0.5, 0.6) is 0 Å². The molecule has 0 aliphatic rings. The first-order valence-corrected chi connectivity index (χ1v) is 4.38. The molecular weight excluding hydrogens is 196 g/mol. The lowest BCUT2D eigenvalue weighted by molar-refractivity contribution is -0.131. The van der Waals surface area contributed by atoms with Gasteiger partial charge in [-0.2, -0.15) is 0 Å². The van der Waals surface area contributed by atoms with Crippen molar-refractivity contribution in [2.24, 2.45) is 0 Å². The fourth-order valence-corrected chi connectivity index (χ4v) is 0.732. The number of aliphatic hydroxyl groups excluding tert-OH is 2. The summed E-state index contributed by atoms with van der Waals surface area (Å²) < 4.78 is 0. The van der Waals surface area contributed by atoms with Crippen molar-refractivity contribution in [1.29, 1.82) is 0 Å². The van der Waals surface area contributed by atoms with Crippen LogP contribution in [0, 0.1) is 0 Å². The van der Waals surface area contributed by atoms with Crippen molar-refractivity contribution in [3.05, 3.63) is 42.0 Å². The second-order valence-electron chi connectivity index (χ2n) is 2.53. The quantitative estimate of drug-likeness (QED) is 0.643. The summed E-state index contributed by atoms with van der Waals surface area (Å²) in [6.07, 6.45) is 2.68. The highest BCUT2D eigenvalue weighted by Crippen LogP contribution is 1.99. The number of aliphatic hydroxyl groups is 2. The molecule has 0 saturated heterocycles. The SMILES string of the molecule is O=C(O)C=Cc1ccccc1.OCCO. The predicted molar refractivity (Wildman–Crippen MR) is 57.3 cm³/mol. The second-order valence-corrected chi connectivity index (χ2v) is 2.53. The molecule has 1 aromatic rings. The summed E-state index contributed by atoms with van der Waals surface area (Å²) in [5.41, 5.74) is 0.898. The van der Waals surface area contributed by atoms with E-state index >= 15 is 0 Å². The Bertz CT molecular complexity index is 291. The minimum atomic E-state index is -0.922. The van der Waals surface area contributed by atoms with Gasteiger partial charge in [-0.3, -0.25) is 0 Å². The predicted octanol–water partition coefficient (Wildman–Crippen LogP) is 0.755. The highest BCUT2D eigenvalue weighted by atomic mass is 16.4. The lowest BCUT2D eigenvalue weighted by Gasteiger charge is -1.87. The molecule has 1 aromatic carbocycles. The molecule has 0 heterocycles. The van der Waals surface area contributed by atoms with E-state index in [-0.39, 0.29) is 13.2 Å². The summed E-state index contributed by atoms with van der Waals surface area (Å²) in [5, 5.41) is 23.5. The molecule has 4 heteroatoms. The summed E-state index contributed by atoms with van der Waals surface area (Å²) >= 11 is 0. The highest BCUT2D eigenvalue weighted by molar-refractivity contribution is 5.85. The number of aliphatic carboxylic acids is 1. The van der Waals surface area contributed by atoms with Gasteiger partial charge in [-0.1, -0.05) is 30.3 Å². The van der Waals surface area contributed by atoms with Gasteiger partial charge in [-0.25, -0.2) is 4.79 Å². The van der Waals surface area contributed by atoms with E-state index in [0.717, 1.165) is 11.6 Å². The van der Waals surface area contributed by atoms with Gasteiger partial charge in [-0.05, 0) is 11.6 Å². The molecule has 3 N–H and O–H groups in total.